The Balaban J connectivity index is 0.817. The number of Topliss-reactive ketones (excluding diaryl/α,β-unsaturated/α-hetero) is 1. The van der Waals surface area contributed by atoms with Crippen molar-refractivity contribution in [2.45, 2.75) is 179 Å². The molecule has 16 heteroatoms. The molecule has 0 amide bonds. The number of allylic oxidation sites excluding steroid dienone is 1. The van der Waals surface area contributed by atoms with Crippen LogP contribution in [-0.4, -0.2) is 143 Å². The molecule has 1 N–H and O–H groups in total. The number of ether oxygens (including phenoxy) is 10. The highest BCUT2D eigenvalue weighted by Crippen LogP contribution is 2.67. The molecule has 2 aromatic carbocycles. The zero-order valence-electron chi connectivity index (χ0n) is 49.0. The monoisotopic (exact) mass is 1120 g/mol. The van der Waals surface area contributed by atoms with Crippen LogP contribution < -0.4 is 0 Å². The van der Waals surface area contributed by atoms with Gasteiger partial charge in [0.15, 0.2) is 11.4 Å². The lowest BCUT2D eigenvalue weighted by Crippen LogP contribution is -2.82. The van der Waals surface area contributed by atoms with E-state index in [-0.39, 0.29) is 56.2 Å². The number of esters is 4. The summed E-state index contributed by atoms with van der Waals surface area (Å²) in [5.41, 5.74) is -2.91. The largest absolute Gasteiger partial charge is 0.455 e. The standard InChI is InChI=1S/C65H86O16/c1-39-49(36-65(71)57(80-58(69)42-19-14-11-15-20-42)55-63(7,56(68)54(73-9)53(39)60(65,3)4)50(72-8)35-51-64(55,38-77-51)81-40(2)66)79-59(70)48(33-41-17-12-10-13-18-41)78-52(67)37-75-30-29-74-31-32-76-44-24-28-62(6)43(34-44)22-23-45-46-21-16-26-61(46,5)27-25-47(45)62/h10-15,17-20,22,44-51,54-55,57,71H,16,21,23-38H2,1-9H3/t44-,45?,46?,47?,48+,49-,50-,51+,54+,55-,57-,61-,62-,63+,64-,65+/m0/s1. The second kappa shape index (κ2) is 23.3. The third-order valence-electron chi connectivity index (χ3n) is 21.5. The Labute approximate surface area is 477 Å². The summed E-state index contributed by atoms with van der Waals surface area (Å²) in [4.78, 5) is 71.8. The maximum absolute atomic E-state index is 15.8. The molecular weight excluding hydrogens is 1040 g/mol. The highest BCUT2D eigenvalue weighted by molar-refractivity contribution is 5.94. The maximum atomic E-state index is 15.8. The van der Waals surface area contributed by atoms with E-state index in [1.165, 1.54) is 66.1 Å². The third kappa shape index (κ3) is 10.6. The first-order valence-corrected chi connectivity index (χ1v) is 29.7. The Morgan fingerprint density at radius 2 is 1.54 bits per heavy atom. The maximum Gasteiger partial charge on any atom is 0.348 e. The number of benzene rings is 2. The Bertz CT molecular complexity index is 2720. The highest BCUT2D eigenvalue weighted by atomic mass is 16.6. The van der Waals surface area contributed by atoms with Crippen LogP contribution >= 0.6 is 0 Å². The summed E-state index contributed by atoms with van der Waals surface area (Å²) in [5, 5.41) is 13.9. The highest BCUT2D eigenvalue weighted by Gasteiger charge is 2.78. The number of aliphatic hydroxyl groups is 1. The second-order valence-electron chi connectivity index (χ2n) is 25.9. The molecule has 442 valence electrons. The van der Waals surface area contributed by atoms with E-state index in [0.717, 1.165) is 30.6 Å². The van der Waals surface area contributed by atoms with Gasteiger partial charge in [0.2, 0.25) is 6.10 Å². The molecule has 81 heavy (non-hydrogen) atoms. The Morgan fingerprint density at radius 3 is 2.23 bits per heavy atom. The summed E-state index contributed by atoms with van der Waals surface area (Å²) >= 11 is 0. The average molecular weight is 1120 g/mol. The Hall–Kier alpha value is -4.81. The molecule has 3 unspecified atom stereocenters. The molecule has 16 atom stereocenters. The lowest BCUT2D eigenvalue weighted by Gasteiger charge is -2.67. The van der Waals surface area contributed by atoms with Gasteiger partial charge < -0.3 is 52.5 Å². The molecule has 1 heterocycles. The van der Waals surface area contributed by atoms with Crippen LogP contribution in [0, 0.1) is 45.3 Å². The van der Waals surface area contributed by atoms with Gasteiger partial charge in [-0.2, -0.15) is 0 Å². The van der Waals surface area contributed by atoms with Crippen LogP contribution in [0.3, 0.4) is 0 Å². The zero-order valence-corrected chi connectivity index (χ0v) is 49.0. The predicted octanol–water partition coefficient (Wildman–Crippen LogP) is 8.87. The van der Waals surface area contributed by atoms with Crippen molar-refractivity contribution in [3.05, 3.63) is 94.6 Å². The van der Waals surface area contributed by atoms with Crippen LogP contribution in [0.4, 0.5) is 0 Å². The van der Waals surface area contributed by atoms with Crippen LogP contribution in [0.15, 0.2) is 83.5 Å². The average Bonchev–Trinajstić information content (AvgIpc) is 4.01. The van der Waals surface area contributed by atoms with E-state index < -0.39 is 101 Å². The predicted molar refractivity (Wildman–Crippen MR) is 296 cm³/mol. The van der Waals surface area contributed by atoms with Crippen LogP contribution in [0.25, 0.3) is 0 Å². The van der Waals surface area contributed by atoms with Gasteiger partial charge >= 0.3 is 23.9 Å². The van der Waals surface area contributed by atoms with Gasteiger partial charge in [-0.15, -0.1) is 0 Å². The molecule has 1 aliphatic heterocycles. The summed E-state index contributed by atoms with van der Waals surface area (Å²) in [5.74, 6) is -2.53. The van der Waals surface area contributed by atoms with Gasteiger partial charge in [-0.25, -0.2) is 14.4 Å². The van der Waals surface area contributed by atoms with Crippen molar-refractivity contribution in [2.24, 2.45) is 45.3 Å². The SMILES string of the molecule is CO[C@H]1C(=O)[C@]2(C)[C@@H](OC)C[C@H]3OC[C@@]3(OC(C)=O)[C@H]2[C@H](OC(=O)c2ccccc2)[C@]2(O)C[C@H](OC(=O)[C@@H](Cc3ccccc3)OC(=O)COCCOCCO[C@H]3CC[C@@]4(C)C(=CCC5C6CCC[C@@]6(C)CCC54)C3)C(C)=C1C2(C)C. The van der Waals surface area contributed by atoms with Gasteiger partial charge in [-0.1, -0.05) is 94.3 Å². The molecule has 0 radical (unpaired) electrons. The molecular formula is C65H86O16. The quantitative estimate of drug-likeness (QED) is 0.0605. The molecule has 0 spiro atoms. The number of fused-ring (bicyclic) bond motifs is 10. The summed E-state index contributed by atoms with van der Waals surface area (Å²) in [6.45, 7) is 13.7. The van der Waals surface area contributed by atoms with Gasteiger partial charge in [0.25, 0.3) is 0 Å². The Morgan fingerprint density at radius 1 is 0.827 bits per heavy atom. The molecule has 8 aliphatic rings. The van der Waals surface area contributed by atoms with Crippen LogP contribution in [0.2, 0.25) is 0 Å². The van der Waals surface area contributed by atoms with E-state index >= 15 is 4.79 Å². The fourth-order valence-electron chi connectivity index (χ4n) is 17.1. The number of methoxy groups -OCH3 is 2. The molecule has 6 fully saturated rings. The van der Waals surface area contributed by atoms with Crippen molar-refractivity contribution >= 4 is 29.7 Å². The van der Waals surface area contributed by atoms with Crippen LogP contribution in [0.1, 0.15) is 135 Å². The number of ketones is 1. The van der Waals surface area contributed by atoms with Crippen molar-refractivity contribution in [1.29, 1.82) is 0 Å². The summed E-state index contributed by atoms with van der Waals surface area (Å²) in [7, 11) is 2.85. The van der Waals surface area contributed by atoms with E-state index in [4.69, 9.17) is 47.4 Å². The molecule has 2 bridgehead atoms. The number of hydrogen-bond acceptors (Lipinski definition) is 16. The van der Waals surface area contributed by atoms with Crippen molar-refractivity contribution in [2.75, 3.05) is 53.9 Å². The van der Waals surface area contributed by atoms with Gasteiger partial charge in [0.05, 0.1) is 62.1 Å². The lowest BCUT2D eigenvalue weighted by atomic mass is 9.44. The van der Waals surface area contributed by atoms with Crippen LogP contribution in [-0.2, 0) is 73.0 Å². The minimum Gasteiger partial charge on any atom is -0.455 e. The molecule has 2 aromatic rings. The molecule has 0 aromatic heterocycles. The number of hydrogen-bond donors (Lipinski definition) is 1. The topological polar surface area (TPSA) is 198 Å². The minimum atomic E-state index is -2.20. The summed E-state index contributed by atoms with van der Waals surface area (Å²) in [6, 6.07) is 17.2. The lowest BCUT2D eigenvalue weighted by molar-refractivity contribution is -0.347. The first-order chi connectivity index (χ1) is 38.6. The molecule has 1 saturated heterocycles. The molecule has 10 rings (SSSR count). The summed E-state index contributed by atoms with van der Waals surface area (Å²) in [6.07, 6.45) is 6.31. The first-order valence-electron chi connectivity index (χ1n) is 29.7. The second-order valence-corrected chi connectivity index (χ2v) is 25.9. The fourth-order valence-corrected chi connectivity index (χ4v) is 17.1. The molecule has 16 nitrogen and oxygen atoms in total. The summed E-state index contributed by atoms with van der Waals surface area (Å²) < 4.78 is 61.4. The molecule has 5 saturated carbocycles. The van der Waals surface area contributed by atoms with Gasteiger partial charge in [0.1, 0.15) is 36.6 Å². The number of rotatable bonds is 19. The van der Waals surface area contributed by atoms with E-state index in [9.17, 15) is 24.3 Å². The zero-order chi connectivity index (χ0) is 57.7. The van der Waals surface area contributed by atoms with Crippen LogP contribution in [0.5, 0.6) is 0 Å². The number of carbonyl (C=O) groups excluding carboxylic acids is 5. The minimum absolute atomic E-state index is 0.0627. The smallest absolute Gasteiger partial charge is 0.348 e. The van der Waals surface area contributed by atoms with Gasteiger partial charge in [-0.05, 0) is 123 Å². The fraction of sp³-hybridized carbons (Fsp3) is 0.677. The van der Waals surface area contributed by atoms with Gasteiger partial charge in [-0.3, -0.25) is 9.59 Å². The van der Waals surface area contributed by atoms with E-state index in [2.05, 4.69) is 19.9 Å². The third-order valence-corrected chi connectivity index (χ3v) is 21.5. The van der Waals surface area contributed by atoms with E-state index in [1.54, 1.807) is 87.9 Å². The normalized spacial score (nSPS) is 37.7. The van der Waals surface area contributed by atoms with Crippen molar-refractivity contribution in [1.82, 2.24) is 0 Å². The number of carbonyl (C=O) groups is 5. The van der Waals surface area contributed by atoms with Crippen molar-refractivity contribution in [3.63, 3.8) is 0 Å². The first kappa shape index (κ1) is 59.4. The van der Waals surface area contributed by atoms with Gasteiger partial charge in [0, 0.05) is 45.8 Å². The van der Waals surface area contributed by atoms with E-state index in [0.29, 0.717) is 35.3 Å². The van der Waals surface area contributed by atoms with Crippen molar-refractivity contribution in [3.8, 4) is 0 Å². The van der Waals surface area contributed by atoms with E-state index in [1.807, 2.05) is 6.07 Å². The molecule has 7 aliphatic carbocycles. The Kier molecular flexibility index (Phi) is 17.1. The van der Waals surface area contributed by atoms with Crippen molar-refractivity contribution < 1.29 is 76.4 Å².